The number of rotatable bonds is 26. The van der Waals surface area contributed by atoms with Crippen LogP contribution in [0.25, 0.3) is 0 Å². The van der Waals surface area contributed by atoms with Crippen molar-refractivity contribution in [2.75, 3.05) is 63.7 Å². The van der Waals surface area contributed by atoms with Gasteiger partial charge < -0.3 is 45.1 Å². The predicted octanol–water partition coefficient (Wildman–Crippen LogP) is 3.39. The fraction of sp³-hybridized carbons (Fsp3) is 0.623. The van der Waals surface area contributed by atoms with Crippen LogP contribution in [0.3, 0.4) is 0 Å². The Morgan fingerprint density at radius 3 is 2.15 bits per heavy atom. The van der Waals surface area contributed by atoms with E-state index in [1.807, 2.05) is 38.1 Å². The van der Waals surface area contributed by atoms with E-state index in [1.165, 1.54) is 35.5 Å². The fourth-order valence-electron chi connectivity index (χ4n) is 11.0. The number of anilines is 1. The molecule has 488 valence electrons. The third-order valence-electron chi connectivity index (χ3n) is 16.9. The summed E-state index contributed by atoms with van der Waals surface area (Å²) in [6.45, 7) is 10.2. The van der Waals surface area contributed by atoms with E-state index < -0.39 is 117 Å². The van der Waals surface area contributed by atoms with Gasteiger partial charge in [-0.25, -0.2) is 9.59 Å². The number of likely N-dealkylation sites (N-methyl/N-ethyl adjacent to an activating group) is 1. The molecule has 4 bridgehead atoms. The second-order valence-corrected chi connectivity index (χ2v) is 26.3. The van der Waals surface area contributed by atoms with E-state index in [4.69, 9.17) is 25.8 Å². The number of alkyl carbamates (subject to hydrolysis) is 1. The van der Waals surface area contributed by atoms with Crippen LogP contribution in [-0.4, -0.2) is 202 Å². The highest BCUT2D eigenvalue weighted by Gasteiger charge is 2.64. The van der Waals surface area contributed by atoms with E-state index in [1.54, 1.807) is 40.2 Å². The minimum Gasteiger partial charge on any atom is -0.457 e. The molecule has 25 nitrogen and oxygen atoms in total. The summed E-state index contributed by atoms with van der Waals surface area (Å²) in [4.78, 5) is 172. The van der Waals surface area contributed by atoms with E-state index in [-0.39, 0.29) is 133 Å². The predicted molar refractivity (Wildman–Crippen MR) is 330 cm³/mol. The van der Waals surface area contributed by atoms with E-state index in [0.717, 1.165) is 38.3 Å². The molecular weight excluding hydrogens is 1220 g/mol. The maximum absolute atomic E-state index is 14.3. The standard InChI is InChI=1S/C61H83ClN8O17S2/c1-34-12-10-13-36(3)61(84)32-43(85-59(83)66-61)37(4)55-60(6,87-55)46(31-51(77)68(8)42-28-39(26-34)27-35(2)54(42)62)86-58(82)38(5)67(7)50(76)20-25-89-45-30-53(79)69(57(45)81)23-11-14-40(71)15-17-48(74)65-33-41(72)16-18-47(73)63-21-19-49(75)64-22-24-70-52(78)29-44(88-9)56(70)80/h10,12-13,27-28,36-38,43-46,55,84H,11,14-26,29-33H2,1-9H3,(H,63,73)(H,64,75)(H,65,74)(H,66,83)/b13-10+,34-12+/t36-,37-,38+,43+,44?,45?,46+,55+,60+,61+/m1/s1. The van der Waals surface area contributed by atoms with E-state index >= 15 is 0 Å². The van der Waals surface area contributed by atoms with E-state index in [9.17, 15) is 67.4 Å². The number of fused-ring (bicyclic) bond motifs is 5. The van der Waals surface area contributed by atoms with Gasteiger partial charge >= 0.3 is 12.1 Å². The lowest BCUT2D eigenvalue weighted by Crippen LogP contribution is -2.60. The van der Waals surface area contributed by atoms with Crippen LogP contribution in [0, 0.1) is 18.8 Å². The summed E-state index contributed by atoms with van der Waals surface area (Å²) in [6.07, 6.45) is 3.00. The van der Waals surface area contributed by atoms with Gasteiger partial charge in [-0.1, -0.05) is 55.3 Å². The summed E-state index contributed by atoms with van der Waals surface area (Å²) in [7, 11) is 2.99. The Balaban J connectivity index is 0.907. The van der Waals surface area contributed by atoms with Crippen molar-refractivity contribution in [2.45, 2.75) is 171 Å². The largest absolute Gasteiger partial charge is 0.457 e. The number of halogens is 1. The number of likely N-dealkylation sites (tertiary alicyclic amines) is 2. The molecule has 0 spiro atoms. The molecule has 2 unspecified atom stereocenters. The second-order valence-electron chi connectivity index (χ2n) is 23.6. The quantitative estimate of drug-likeness (QED) is 0.0504. The van der Waals surface area contributed by atoms with Crippen molar-refractivity contribution < 1.29 is 81.6 Å². The number of hydrogen-bond acceptors (Lipinski definition) is 19. The first-order chi connectivity index (χ1) is 42.0. The molecule has 5 aliphatic heterocycles. The maximum atomic E-state index is 14.3. The van der Waals surface area contributed by atoms with Gasteiger partial charge in [0.25, 0.3) is 0 Å². The smallest absolute Gasteiger partial charge is 0.409 e. The van der Waals surface area contributed by atoms with Crippen LogP contribution in [0.5, 0.6) is 0 Å². The Bertz CT molecular complexity index is 3000. The molecule has 10 atom stereocenters. The van der Waals surface area contributed by atoms with Crippen LogP contribution in [0.2, 0.25) is 5.02 Å². The Hall–Kier alpha value is -6.68. The summed E-state index contributed by atoms with van der Waals surface area (Å²) in [5, 5.41) is 21.1. The first kappa shape index (κ1) is 71.4. The van der Waals surface area contributed by atoms with Gasteiger partial charge in [0, 0.05) is 122 Å². The molecule has 89 heavy (non-hydrogen) atoms. The Labute approximate surface area is 531 Å². The number of carbonyl (C=O) groups excluding carboxylic acids is 13. The number of nitrogens with zero attached hydrogens (tertiary/aromatic N) is 4. The lowest BCUT2D eigenvalue weighted by atomic mass is 9.82. The summed E-state index contributed by atoms with van der Waals surface area (Å²) in [6, 6.07) is 2.59. The molecule has 28 heteroatoms. The lowest BCUT2D eigenvalue weighted by Gasteiger charge is -2.41. The van der Waals surface area contributed by atoms with Gasteiger partial charge in [-0.2, -0.15) is 11.8 Å². The number of nitrogens with one attached hydrogen (secondary N) is 4. The highest BCUT2D eigenvalue weighted by Crippen LogP contribution is 2.49. The van der Waals surface area contributed by atoms with Crippen molar-refractivity contribution in [2.24, 2.45) is 11.8 Å². The monoisotopic (exact) mass is 1300 g/mol. The first-order valence-electron chi connectivity index (χ1n) is 29.9. The van der Waals surface area contributed by atoms with Crippen molar-refractivity contribution >= 4 is 118 Å². The van der Waals surface area contributed by atoms with Gasteiger partial charge in [0.1, 0.15) is 35.4 Å². The van der Waals surface area contributed by atoms with Crippen molar-refractivity contribution in [3.8, 4) is 0 Å². The summed E-state index contributed by atoms with van der Waals surface area (Å²) >= 11 is 9.23. The molecule has 1 aromatic rings. The SMILES string of the molecule is CSC1CC(=O)N(CCNC(=O)CCNC(=O)CCC(=O)CNC(=O)CCC(=O)CCCN2C(=O)CC(SCCC(=O)N(C)[C@@H](C)C(=O)O[C@H]3CC(=O)N(C)c4cc(cc(C)c4Cl)C/C(C)=C/C=C/[C@@H](C)[C@@]4(O)C[C@H](OC(=O)N4)[C@@H](C)[C@@H]4O[C@@]34C)C2=O)C1=O. The van der Waals surface area contributed by atoms with E-state index in [2.05, 4.69) is 21.3 Å². The van der Waals surface area contributed by atoms with Crippen LogP contribution in [0.4, 0.5) is 10.5 Å². The van der Waals surface area contributed by atoms with Gasteiger partial charge in [0.15, 0.2) is 5.78 Å². The number of Topliss-reactive ketones (excluding diaryl/α,β-unsaturated/α-hetero) is 2. The lowest BCUT2D eigenvalue weighted by molar-refractivity contribution is -0.162. The summed E-state index contributed by atoms with van der Waals surface area (Å²) in [5.41, 5.74) is 0.0489. The maximum Gasteiger partial charge on any atom is 0.409 e. The number of carbonyl (C=O) groups is 13. The molecule has 5 heterocycles. The van der Waals surface area contributed by atoms with Crippen LogP contribution in [0.15, 0.2) is 35.9 Å². The van der Waals surface area contributed by atoms with Crippen molar-refractivity contribution in [1.82, 2.24) is 36.0 Å². The Morgan fingerprint density at radius 1 is 0.831 bits per heavy atom. The second kappa shape index (κ2) is 31.9. The number of benzene rings is 1. The molecule has 1 aromatic carbocycles. The molecule has 0 radical (unpaired) electrons. The number of hydrogen-bond donors (Lipinski definition) is 5. The van der Waals surface area contributed by atoms with Gasteiger partial charge in [0.05, 0.1) is 40.3 Å². The molecule has 5 aliphatic rings. The molecule has 10 amide bonds. The molecule has 5 N–H and O–H groups in total. The normalized spacial score (nSPS) is 26.7. The highest BCUT2D eigenvalue weighted by atomic mass is 35.5. The Kier molecular flexibility index (Phi) is 25.6. The average molecular weight is 1300 g/mol. The molecule has 0 saturated carbocycles. The van der Waals surface area contributed by atoms with Crippen LogP contribution in [-0.2, 0) is 78.2 Å². The van der Waals surface area contributed by atoms with Gasteiger partial charge in [0.2, 0.25) is 53.2 Å². The van der Waals surface area contributed by atoms with Crippen molar-refractivity contribution in [3.05, 3.63) is 52.1 Å². The minimum atomic E-state index is -1.68. The number of epoxide rings is 1. The van der Waals surface area contributed by atoms with Crippen LogP contribution < -0.4 is 26.2 Å². The molecular formula is C61H83ClN8O17S2. The number of aliphatic hydroxyl groups is 1. The fourth-order valence-corrected chi connectivity index (χ4v) is 12.9. The minimum absolute atomic E-state index is 0.00279. The van der Waals surface area contributed by atoms with Gasteiger partial charge in [-0.15, -0.1) is 11.8 Å². The third kappa shape index (κ3) is 19.2. The molecule has 0 aliphatic carbocycles. The molecule has 4 saturated heterocycles. The van der Waals surface area contributed by atoms with Crippen molar-refractivity contribution in [1.29, 1.82) is 0 Å². The zero-order chi connectivity index (χ0) is 65.7. The number of ether oxygens (including phenoxy) is 3. The summed E-state index contributed by atoms with van der Waals surface area (Å²) < 4.78 is 18.2. The number of ketones is 2. The molecule has 4 fully saturated rings. The number of imide groups is 2. The number of thioether (sulfide) groups is 2. The van der Waals surface area contributed by atoms with Gasteiger partial charge in [-0.05, 0) is 64.0 Å². The Morgan fingerprint density at radius 2 is 1.46 bits per heavy atom. The highest BCUT2D eigenvalue weighted by molar-refractivity contribution is 8.00. The van der Waals surface area contributed by atoms with Gasteiger partial charge in [-0.3, -0.25) is 67.9 Å². The van der Waals surface area contributed by atoms with Crippen LogP contribution in [0.1, 0.15) is 123 Å². The number of amides is 10. The van der Waals surface area contributed by atoms with Crippen molar-refractivity contribution in [3.63, 3.8) is 0 Å². The summed E-state index contributed by atoms with van der Waals surface area (Å²) in [5.74, 6) is -6.43. The zero-order valence-corrected chi connectivity index (χ0v) is 54.3. The third-order valence-corrected chi connectivity index (χ3v) is 19.5. The molecule has 6 rings (SSSR count). The van der Waals surface area contributed by atoms with E-state index in [0.29, 0.717) is 17.1 Å². The topological polar surface area (TPSA) is 334 Å². The van der Waals surface area contributed by atoms with Crippen LogP contribution >= 0.6 is 35.1 Å². The average Bonchev–Trinajstić information content (AvgIpc) is 1.60. The number of allylic oxidation sites excluding steroid dienone is 3. The number of aryl methyl sites for hydroxylation is 1. The number of esters is 1. The zero-order valence-electron chi connectivity index (χ0n) is 51.9. The molecule has 0 aromatic heterocycles. The first-order valence-corrected chi connectivity index (χ1v) is 32.6.